The van der Waals surface area contributed by atoms with E-state index in [0.29, 0.717) is 30.8 Å². The van der Waals surface area contributed by atoms with Crippen molar-refractivity contribution in [3.63, 3.8) is 0 Å². The summed E-state index contributed by atoms with van der Waals surface area (Å²) in [5, 5.41) is 34.1. The fourth-order valence-corrected chi connectivity index (χ4v) is 11.0. The highest BCUT2D eigenvalue weighted by atomic mass is 16.6. The minimum atomic E-state index is -1.03. The molecule has 0 amide bonds. The van der Waals surface area contributed by atoms with Gasteiger partial charge in [0.15, 0.2) is 5.79 Å². The van der Waals surface area contributed by atoms with Crippen LogP contribution in [0.4, 0.5) is 0 Å². The van der Waals surface area contributed by atoms with Crippen molar-refractivity contribution in [1.29, 1.82) is 0 Å². The molecule has 3 aliphatic heterocycles. The summed E-state index contributed by atoms with van der Waals surface area (Å²) in [6.07, 6.45) is 7.99. The SMILES string of the molecule is C/C(=C\C(O)C1OC1(C)C)[C@H]1CC[C@]2(C)[C@@H]1C[C@@H](O)[C@@H]1[C@]34CC[C@](O)(OC3)C(C)(C)[C@@H]4CC[C@]12C. The molecule has 5 nitrogen and oxygen atoms in total. The second kappa shape index (κ2) is 7.14. The van der Waals surface area contributed by atoms with Crippen molar-refractivity contribution < 1.29 is 24.8 Å². The van der Waals surface area contributed by atoms with Crippen LogP contribution < -0.4 is 0 Å². The Balaban J connectivity index is 1.33. The Bertz CT molecular complexity index is 929. The third-order valence-electron chi connectivity index (χ3n) is 13.2. The van der Waals surface area contributed by atoms with E-state index in [1.807, 2.05) is 19.9 Å². The fourth-order valence-electron chi connectivity index (χ4n) is 11.0. The first-order valence-corrected chi connectivity index (χ1v) is 14.2. The van der Waals surface area contributed by atoms with Gasteiger partial charge in [0.1, 0.15) is 12.2 Å². The largest absolute Gasteiger partial charge is 0.393 e. The number of rotatable bonds is 3. The number of hydrogen-bond donors (Lipinski definition) is 3. The lowest BCUT2D eigenvalue weighted by Gasteiger charge is -2.74. The molecule has 4 saturated carbocycles. The normalized spacial score (nSPS) is 56.7. The molecular formula is C30H48O5. The molecule has 4 aliphatic carbocycles. The molecule has 1 spiro atoms. The van der Waals surface area contributed by atoms with Gasteiger partial charge in [0.25, 0.3) is 0 Å². The van der Waals surface area contributed by atoms with Crippen LogP contribution in [0.15, 0.2) is 11.6 Å². The Kier molecular flexibility index (Phi) is 5.07. The summed E-state index contributed by atoms with van der Waals surface area (Å²) < 4.78 is 12.0. The Hall–Kier alpha value is -0.460. The molecule has 2 unspecified atom stereocenters. The lowest BCUT2D eigenvalue weighted by atomic mass is 9.33. The van der Waals surface area contributed by atoms with Crippen LogP contribution in [0, 0.1) is 45.3 Å². The number of hydrogen-bond acceptors (Lipinski definition) is 5. The summed E-state index contributed by atoms with van der Waals surface area (Å²) >= 11 is 0. The van der Waals surface area contributed by atoms with E-state index >= 15 is 0 Å². The van der Waals surface area contributed by atoms with Crippen molar-refractivity contribution in [3.8, 4) is 0 Å². The monoisotopic (exact) mass is 488 g/mol. The predicted molar refractivity (Wildman–Crippen MR) is 134 cm³/mol. The van der Waals surface area contributed by atoms with E-state index in [4.69, 9.17) is 9.47 Å². The average molecular weight is 489 g/mol. The third-order valence-corrected chi connectivity index (χ3v) is 13.2. The van der Waals surface area contributed by atoms with Crippen LogP contribution in [0.1, 0.15) is 93.4 Å². The molecule has 0 aromatic heterocycles. The lowest BCUT2D eigenvalue weighted by molar-refractivity contribution is -0.404. The van der Waals surface area contributed by atoms with Gasteiger partial charge in [-0.2, -0.15) is 0 Å². The van der Waals surface area contributed by atoms with Gasteiger partial charge in [-0.1, -0.05) is 39.3 Å². The van der Waals surface area contributed by atoms with Crippen LogP contribution in [0.2, 0.25) is 0 Å². The molecule has 0 aromatic carbocycles. The van der Waals surface area contributed by atoms with Crippen molar-refractivity contribution >= 4 is 0 Å². The van der Waals surface area contributed by atoms with Gasteiger partial charge >= 0.3 is 0 Å². The molecule has 3 saturated heterocycles. The van der Waals surface area contributed by atoms with Crippen LogP contribution in [0.5, 0.6) is 0 Å². The highest BCUT2D eigenvalue weighted by molar-refractivity contribution is 5.25. The zero-order valence-corrected chi connectivity index (χ0v) is 22.9. The molecule has 0 aromatic rings. The second-order valence-corrected chi connectivity index (χ2v) is 15.0. The number of aliphatic hydroxyl groups is 3. The molecule has 198 valence electrons. The maximum Gasteiger partial charge on any atom is 0.170 e. The summed E-state index contributed by atoms with van der Waals surface area (Å²) in [5.41, 5.74) is 0.863. The quantitative estimate of drug-likeness (QED) is 0.392. The number of aliphatic hydroxyl groups excluding tert-OH is 2. The van der Waals surface area contributed by atoms with Gasteiger partial charge in [-0.15, -0.1) is 0 Å². The molecule has 7 aliphatic rings. The molecule has 5 heteroatoms. The Morgan fingerprint density at radius 2 is 1.63 bits per heavy atom. The first kappa shape index (κ1) is 24.9. The number of ether oxygens (including phenoxy) is 2. The van der Waals surface area contributed by atoms with Crippen LogP contribution >= 0.6 is 0 Å². The molecule has 7 rings (SSSR count). The van der Waals surface area contributed by atoms with E-state index in [1.165, 1.54) is 12.0 Å². The van der Waals surface area contributed by atoms with Gasteiger partial charge < -0.3 is 24.8 Å². The summed E-state index contributed by atoms with van der Waals surface area (Å²) in [7, 11) is 0. The Morgan fingerprint density at radius 1 is 0.971 bits per heavy atom. The maximum absolute atomic E-state index is 12.0. The molecule has 2 bridgehead atoms. The van der Waals surface area contributed by atoms with Crippen LogP contribution in [0.25, 0.3) is 0 Å². The van der Waals surface area contributed by atoms with E-state index in [0.717, 1.165) is 32.1 Å². The number of fused-ring (bicyclic) bond motifs is 5. The minimum absolute atomic E-state index is 0.0350. The average Bonchev–Trinajstić information content (AvgIpc) is 3.27. The highest BCUT2D eigenvalue weighted by Gasteiger charge is 2.76. The van der Waals surface area contributed by atoms with Crippen molar-refractivity contribution in [2.24, 2.45) is 45.3 Å². The topological polar surface area (TPSA) is 82.5 Å². The standard InChI is InChI=1S/C30H48O5/c1-17(14-21(32)24-26(4,5)35-24)18-8-10-27(6)19(18)15-20(31)23-28(27,7)11-9-22-25(2,3)30(33)13-12-29(22,23)16-34-30/h14,18-24,31-33H,8-13,15-16H2,1-7H3/b17-14+/t18-,19-,20-,21?,22+,23+,24?,27-,28-,29-,30+/m1/s1. The van der Waals surface area contributed by atoms with Gasteiger partial charge in [-0.05, 0) is 93.8 Å². The fraction of sp³-hybridized carbons (Fsp3) is 0.933. The number of allylic oxidation sites excluding steroid dienone is 1. The van der Waals surface area contributed by atoms with Crippen LogP contribution in [-0.4, -0.2) is 51.6 Å². The lowest BCUT2D eigenvalue weighted by Crippen LogP contribution is -2.75. The van der Waals surface area contributed by atoms with Gasteiger partial charge in [-0.3, -0.25) is 0 Å². The van der Waals surface area contributed by atoms with E-state index in [2.05, 4.69) is 34.6 Å². The van der Waals surface area contributed by atoms with Gasteiger partial charge in [-0.25, -0.2) is 0 Å². The zero-order chi connectivity index (χ0) is 25.4. The molecule has 0 radical (unpaired) electrons. The van der Waals surface area contributed by atoms with Gasteiger partial charge in [0.2, 0.25) is 0 Å². The van der Waals surface area contributed by atoms with Crippen molar-refractivity contribution in [3.05, 3.63) is 11.6 Å². The smallest absolute Gasteiger partial charge is 0.170 e. The molecule has 11 atom stereocenters. The predicted octanol–water partition coefficient (Wildman–Crippen LogP) is 4.83. The zero-order valence-electron chi connectivity index (χ0n) is 22.9. The molecule has 3 N–H and O–H groups in total. The summed E-state index contributed by atoms with van der Waals surface area (Å²) in [6, 6.07) is 0. The Morgan fingerprint density at radius 3 is 2.23 bits per heavy atom. The van der Waals surface area contributed by atoms with E-state index < -0.39 is 11.9 Å². The van der Waals surface area contributed by atoms with Crippen LogP contribution in [-0.2, 0) is 9.47 Å². The molecule has 3 heterocycles. The third kappa shape index (κ3) is 2.94. The summed E-state index contributed by atoms with van der Waals surface area (Å²) in [4.78, 5) is 0. The maximum atomic E-state index is 12.0. The highest BCUT2D eigenvalue weighted by Crippen LogP contribution is 2.77. The van der Waals surface area contributed by atoms with Crippen molar-refractivity contribution in [2.45, 2.75) is 123 Å². The van der Waals surface area contributed by atoms with E-state index in [1.54, 1.807) is 0 Å². The van der Waals surface area contributed by atoms with Crippen molar-refractivity contribution in [2.75, 3.05) is 6.61 Å². The van der Waals surface area contributed by atoms with Gasteiger partial charge in [0.05, 0.1) is 18.3 Å². The first-order chi connectivity index (χ1) is 16.1. The summed E-state index contributed by atoms with van der Waals surface area (Å²) in [5.74, 6) is 0.371. The molecular weight excluding hydrogens is 440 g/mol. The Labute approximate surface area is 211 Å². The first-order valence-electron chi connectivity index (χ1n) is 14.2. The minimum Gasteiger partial charge on any atom is -0.393 e. The molecule has 35 heavy (non-hydrogen) atoms. The van der Waals surface area contributed by atoms with Crippen molar-refractivity contribution in [1.82, 2.24) is 0 Å². The van der Waals surface area contributed by atoms with Crippen LogP contribution in [0.3, 0.4) is 0 Å². The second-order valence-electron chi connectivity index (χ2n) is 15.0. The van der Waals surface area contributed by atoms with E-state index in [-0.39, 0.29) is 45.4 Å². The molecule has 7 fully saturated rings. The van der Waals surface area contributed by atoms with Gasteiger partial charge in [0, 0.05) is 17.3 Å². The summed E-state index contributed by atoms with van der Waals surface area (Å²) in [6.45, 7) is 16.2. The van der Waals surface area contributed by atoms with E-state index in [9.17, 15) is 15.3 Å². The number of epoxide rings is 1.